The molecule has 0 spiro atoms. The summed E-state index contributed by atoms with van der Waals surface area (Å²) in [5, 5.41) is 2.84. The Labute approximate surface area is 132 Å². The van der Waals surface area contributed by atoms with E-state index in [1.807, 2.05) is 11.9 Å². The highest BCUT2D eigenvalue weighted by Crippen LogP contribution is 2.25. The Bertz CT molecular complexity index is 363. The number of amides is 2. The molecule has 1 aliphatic carbocycles. The lowest BCUT2D eigenvalue weighted by molar-refractivity contribution is -0.134. The standard InChI is InChI=1S/C14H26N4O2.ClH/c1-17(12-4-5-12)13(19)10-18-8-2-3-11(9-18)14(20)16-7-6-15;/h11-12H,2-10,15H2,1H3,(H,16,20);1H. The van der Waals surface area contributed by atoms with Gasteiger partial charge in [-0.2, -0.15) is 0 Å². The summed E-state index contributed by atoms with van der Waals surface area (Å²) in [6.07, 6.45) is 4.14. The Balaban J connectivity index is 0.00000220. The van der Waals surface area contributed by atoms with Gasteiger partial charge in [0.05, 0.1) is 12.5 Å². The van der Waals surface area contributed by atoms with E-state index in [1.54, 1.807) is 0 Å². The first kappa shape index (κ1) is 18.2. The van der Waals surface area contributed by atoms with Gasteiger partial charge in [-0.05, 0) is 32.2 Å². The number of nitrogens with two attached hydrogens (primary N) is 1. The monoisotopic (exact) mass is 318 g/mol. The number of nitrogens with one attached hydrogen (secondary N) is 1. The molecule has 6 nitrogen and oxygen atoms in total. The van der Waals surface area contributed by atoms with Crippen LogP contribution in [0.4, 0.5) is 0 Å². The second-order valence-corrected chi connectivity index (χ2v) is 5.89. The smallest absolute Gasteiger partial charge is 0.236 e. The van der Waals surface area contributed by atoms with Gasteiger partial charge in [-0.25, -0.2) is 0 Å². The molecule has 2 aliphatic rings. The van der Waals surface area contributed by atoms with Gasteiger partial charge in [-0.15, -0.1) is 12.4 Å². The summed E-state index contributed by atoms with van der Waals surface area (Å²) in [6, 6.07) is 0.455. The van der Waals surface area contributed by atoms with Gasteiger partial charge in [-0.3, -0.25) is 14.5 Å². The highest BCUT2D eigenvalue weighted by Gasteiger charge is 2.32. The molecule has 0 radical (unpaired) electrons. The molecule has 2 fully saturated rings. The summed E-state index contributed by atoms with van der Waals surface area (Å²) < 4.78 is 0. The lowest BCUT2D eigenvalue weighted by Gasteiger charge is -2.32. The Kier molecular flexibility index (Phi) is 7.42. The van der Waals surface area contributed by atoms with Crippen LogP contribution in [-0.2, 0) is 9.59 Å². The lowest BCUT2D eigenvalue weighted by Crippen LogP contribution is -2.47. The molecule has 1 saturated carbocycles. The van der Waals surface area contributed by atoms with E-state index in [2.05, 4.69) is 10.2 Å². The topological polar surface area (TPSA) is 78.7 Å². The van der Waals surface area contributed by atoms with E-state index in [0.717, 1.165) is 32.2 Å². The largest absolute Gasteiger partial charge is 0.355 e. The van der Waals surface area contributed by atoms with Crippen LogP contribution in [0.2, 0.25) is 0 Å². The molecule has 0 aromatic carbocycles. The summed E-state index contributed by atoms with van der Waals surface area (Å²) in [5.41, 5.74) is 5.39. The van der Waals surface area contributed by atoms with Gasteiger partial charge >= 0.3 is 0 Å². The van der Waals surface area contributed by atoms with Crippen molar-refractivity contribution in [3.63, 3.8) is 0 Å². The Morgan fingerprint density at radius 1 is 1.33 bits per heavy atom. The van der Waals surface area contributed by atoms with Crippen LogP contribution >= 0.6 is 12.4 Å². The number of carbonyl (C=O) groups excluding carboxylic acids is 2. The van der Waals surface area contributed by atoms with Crippen molar-refractivity contribution in [2.24, 2.45) is 11.7 Å². The van der Waals surface area contributed by atoms with E-state index in [1.165, 1.54) is 0 Å². The second-order valence-electron chi connectivity index (χ2n) is 5.89. The van der Waals surface area contributed by atoms with Gasteiger partial charge in [0.15, 0.2) is 0 Å². The first-order chi connectivity index (χ1) is 9.61. The van der Waals surface area contributed by atoms with Crippen LogP contribution in [0.3, 0.4) is 0 Å². The predicted octanol–water partition coefficient (Wildman–Crippen LogP) is -0.184. The van der Waals surface area contributed by atoms with Gasteiger partial charge < -0.3 is 16.0 Å². The van der Waals surface area contributed by atoms with Crippen LogP contribution in [0.15, 0.2) is 0 Å². The molecule has 2 rings (SSSR count). The fourth-order valence-electron chi connectivity index (χ4n) is 2.72. The van der Waals surface area contributed by atoms with Gasteiger partial charge in [0.2, 0.25) is 11.8 Å². The van der Waals surface area contributed by atoms with E-state index in [-0.39, 0.29) is 30.1 Å². The molecule has 7 heteroatoms. The van der Waals surface area contributed by atoms with Crippen LogP contribution in [0.1, 0.15) is 25.7 Å². The third-order valence-electron chi connectivity index (χ3n) is 4.17. The summed E-state index contributed by atoms with van der Waals surface area (Å²) >= 11 is 0. The number of likely N-dealkylation sites (N-methyl/N-ethyl adjacent to an activating group) is 1. The number of halogens is 1. The third-order valence-corrected chi connectivity index (χ3v) is 4.17. The fraction of sp³-hybridized carbons (Fsp3) is 0.857. The van der Waals surface area contributed by atoms with E-state index in [9.17, 15) is 9.59 Å². The zero-order valence-electron chi connectivity index (χ0n) is 12.7. The van der Waals surface area contributed by atoms with Crippen molar-refractivity contribution in [1.29, 1.82) is 0 Å². The Morgan fingerprint density at radius 3 is 2.67 bits per heavy atom. The molecule has 1 aliphatic heterocycles. The predicted molar refractivity (Wildman–Crippen MR) is 84.3 cm³/mol. The Morgan fingerprint density at radius 2 is 2.05 bits per heavy atom. The van der Waals surface area contributed by atoms with Crippen LogP contribution in [-0.4, -0.2) is 67.4 Å². The SMILES string of the molecule is CN(C(=O)CN1CCCC(C(=O)NCCN)C1)C1CC1.Cl. The minimum atomic E-state index is -0.00525. The summed E-state index contributed by atoms with van der Waals surface area (Å²) in [7, 11) is 1.88. The molecule has 0 aromatic heterocycles. The van der Waals surface area contributed by atoms with Crippen LogP contribution in [0, 0.1) is 5.92 Å². The minimum absolute atomic E-state index is 0. The van der Waals surface area contributed by atoms with Crippen LogP contribution in [0.25, 0.3) is 0 Å². The maximum atomic E-state index is 12.1. The zero-order valence-corrected chi connectivity index (χ0v) is 13.5. The van der Waals surface area contributed by atoms with Crippen molar-refractivity contribution in [2.45, 2.75) is 31.7 Å². The van der Waals surface area contributed by atoms with Crippen molar-refractivity contribution in [1.82, 2.24) is 15.1 Å². The van der Waals surface area contributed by atoms with Gasteiger partial charge in [0, 0.05) is 32.7 Å². The van der Waals surface area contributed by atoms with Crippen molar-refractivity contribution in [2.75, 3.05) is 39.8 Å². The molecule has 1 saturated heterocycles. The van der Waals surface area contributed by atoms with Crippen molar-refractivity contribution >= 4 is 24.2 Å². The number of piperidine rings is 1. The van der Waals surface area contributed by atoms with Crippen molar-refractivity contribution in [3.05, 3.63) is 0 Å². The molecule has 2 amide bonds. The summed E-state index contributed by atoms with van der Waals surface area (Å²) in [4.78, 5) is 28.0. The molecule has 3 N–H and O–H groups in total. The van der Waals surface area contributed by atoms with Gasteiger partial charge in [0.25, 0.3) is 0 Å². The lowest BCUT2D eigenvalue weighted by atomic mass is 9.97. The molecular weight excluding hydrogens is 292 g/mol. The highest BCUT2D eigenvalue weighted by atomic mass is 35.5. The van der Waals surface area contributed by atoms with E-state index >= 15 is 0 Å². The van der Waals surface area contributed by atoms with E-state index < -0.39 is 0 Å². The van der Waals surface area contributed by atoms with E-state index in [4.69, 9.17) is 5.73 Å². The number of hydrogen-bond acceptors (Lipinski definition) is 4. The number of nitrogens with zero attached hydrogens (tertiary/aromatic N) is 2. The van der Waals surface area contributed by atoms with Crippen molar-refractivity contribution in [3.8, 4) is 0 Å². The van der Waals surface area contributed by atoms with Crippen LogP contribution < -0.4 is 11.1 Å². The molecule has 0 bridgehead atoms. The van der Waals surface area contributed by atoms with E-state index in [0.29, 0.717) is 32.2 Å². The maximum absolute atomic E-state index is 12.1. The molecule has 1 atom stereocenters. The number of hydrogen-bond donors (Lipinski definition) is 2. The average Bonchev–Trinajstić information content (AvgIpc) is 3.28. The molecule has 0 aromatic rings. The number of carbonyl (C=O) groups is 2. The summed E-state index contributed by atoms with van der Waals surface area (Å²) in [5.74, 6) is 0.244. The molecule has 21 heavy (non-hydrogen) atoms. The van der Waals surface area contributed by atoms with Crippen molar-refractivity contribution < 1.29 is 9.59 Å². The number of rotatable bonds is 6. The van der Waals surface area contributed by atoms with Gasteiger partial charge in [-0.1, -0.05) is 0 Å². The normalized spacial score (nSPS) is 22.3. The molecular formula is C14H27ClN4O2. The first-order valence-corrected chi connectivity index (χ1v) is 7.57. The zero-order chi connectivity index (χ0) is 14.5. The third kappa shape index (κ3) is 5.45. The molecule has 1 unspecified atom stereocenters. The fourth-order valence-corrected chi connectivity index (χ4v) is 2.72. The Hall–Kier alpha value is -0.850. The maximum Gasteiger partial charge on any atom is 0.236 e. The highest BCUT2D eigenvalue weighted by molar-refractivity contribution is 5.85. The molecule has 1 heterocycles. The molecule has 122 valence electrons. The first-order valence-electron chi connectivity index (χ1n) is 7.57. The quantitative estimate of drug-likeness (QED) is 0.712. The summed E-state index contributed by atoms with van der Waals surface area (Å²) in [6.45, 7) is 3.02. The minimum Gasteiger partial charge on any atom is -0.355 e. The number of likely N-dealkylation sites (tertiary alicyclic amines) is 1. The average molecular weight is 319 g/mol. The van der Waals surface area contributed by atoms with Gasteiger partial charge in [0.1, 0.15) is 0 Å². The van der Waals surface area contributed by atoms with Crippen LogP contribution in [0.5, 0.6) is 0 Å². The second kappa shape index (κ2) is 8.56.